The van der Waals surface area contributed by atoms with Crippen molar-refractivity contribution >= 4 is 29.5 Å². The number of carboxylic acid groups (broad SMARTS) is 2. The Balaban J connectivity index is 0.000000300. The van der Waals surface area contributed by atoms with Gasteiger partial charge in [-0.05, 0) is 25.0 Å². The normalized spacial score (nSPS) is 16.6. The van der Waals surface area contributed by atoms with Crippen LogP contribution in [0.3, 0.4) is 0 Å². The molecule has 3 rings (SSSR count). The number of carboxylic acids is 2. The fraction of sp³-hybridized carbons (Fsp3) is 0.368. The van der Waals surface area contributed by atoms with Gasteiger partial charge in [0.25, 0.3) is 0 Å². The predicted octanol–water partition coefficient (Wildman–Crippen LogP) is 1.56. The van der Waals surface area contributed by atoms with Crippen LogP contribution in [0, 0.1) is 0 Å². The summed E-state index contributed by atoms with van der Waals surface area (Å²) in [6.07, 6.45) is 3.58. The second-order valence-corrected chi connectivity index (χ2v) is 6.23. The summed E-state index contributed by atoms with van der Waals surface area (Å²) in [5, 5.41) is 19.1. The molecule has 2 aliphatic rings. The third-order valence-electron chi connectivity index (χ3n) is 4.04. The first kappa shape index (κ1) is 20.9. The van der Waals surface area contributed by atoms with E-state index in [1.807, 2.05) is 25.2 Å². The van der Waals surface area contributed by atoms with Crippen LogP contribution in [0.15, 0.2) is 52.5 Å². The third kappa shape index (κ3) is 7.10. The fourth-order valence-corrected chi connectivity index (χ4v) is 2.64. The highest BCUT2D eigenvalue weighted by molar-refractivity contribution is 6.02. The van der Waals surface area contributed by atoms with Crippen molar-refractivity contribution in [3.05, 3.63) is 42.5 Å². The number of aliphatic imine (C=N–C) groups is 2. The van der Waals surface area contributed by atoms with E-state index < -0.39 is 11.9 Å². The number of hydrogen-bond donors (Lipinski definition) is 3. The van der Waals surface area contributed by atoms with Crippen molar-refractivity contribution in [2.45, 2.75) is 12.8 Å². The van der Waals surface area contributed by atoms with E-state index in [4.69, 9.17) is 15.2 Å². The van der Waals surface area contributed by atoms with Crippen LogP contribution in [0.4, 0.5) is 5.69 Å². The summed E-state index contributed by atoms with van der Waals surface area (Å²) in [5.41, 5.74) is 1.07. The fourth-order valence-electron chi connectivity index (χ4n) is 2.64. The average Bonchev–Trinajstić information content (AvgIpc) is 3.33. The van der Waals surface area contributed by atoms with Gasteiger partial charge in [-0.15, -0.1) is 0 Å². The molecule has 0 unspecified atom stereocenters. The molecule has 0 atom stereocenters. The van der Waals surface area contributed by atoms with Gasteiger partial charge in [-0.1, -0.05) is 18.2 Å². The Morgan fingerprint density at radius 3 is 2.18 bits per heavy atom. The SMILES string of the molecule is CN1CCN=C1N=C(Nc1ccccc1)N1CCCC1.O=C(O)/C=C/C(=O)O. The lowest BCUT2D eigenvalue weighted by Crippen LogP contribution is -2.36. The second-order valence-electron chi connectivity index (χ2n) is 6.23. The molecule has 28 heavy (non-hydrogen) atoms. The Morgan fingerprint density at radius 2 is 1.68 bits per heavy atom. The van der Waals surface area contributed by atoms with Gasteiger partial charge in [-0.2, -0.15) is 4.99 Å². The highest BCUT2D eigenvalue weighted by atomic mass is 16.4. The number of aliphatic carboxylic acids is 2. The van der Waals surface area contributed by atoms with Gasteiger partial charge in [-0.3, -0.25) is 0 Å². The average molecular weight is 387 g/mol. The number of hydrogen-bond acceptors (Lipinski definition) is 5. The summed E-state index contributed by atoms with van der Waals surface area (Å²) in [6, 6.07) is 10.2. The number of nitrogens with zero attached hydrogens (tertiary/aromatic N) is 4. The van der Waals surface area contributed by atoms with Crippen molar-refractivity contribution in [3.63, 3.8) is 0 Å². The number of anilines is 1. The standard InChI is InChI=1S/C15H21N5.C4H4O4/c1-19-12-9-16-14(19)18-15(20-10-5-6-11-20)17-13-7-3-2-4-8-13;5-3(6)1-2-4(7)8/h2-4,7-8H,5-6,9-12H2,1H3,(H,16,17,18);1-2H,(H,5,6)(H,7,8)/b;2-1+. The van der Waals surface area contributed by atoms with Gasteiger partial charge in [0.2, 0.25) is 11.9 Å². The predicted molar refractivity (Wildman–Crippen MR) is 108 cm³/mol. The molecule has 1 saturated heterocycles. The van der Waals surface area contributed by atoms with E-state index in [2.05, 4.69) is 32.2 Å². The van der Waals surface area contributed by atoms with Crippen molar-refractivity contribution in [2.75, 3.05) is 38.5 Å². The van der Waals surface area contributed by atoms with Gasteiger partial charge < -0.3 is 25.3 Å². The number of likely N-dealkylation sites (N-methyl/N-ethyl adjacent to an activating group) is 1. The summed E-state index contributed by atoms with van der Waals surface area (Å²) in [4.78, 5) is 32.7. The van der Waals surface area contributed by atoms with Crippen LogP contribution in [0.5, 0.6) is 0 Å². The van der Waals surface area contributed by atoms with E-state index in [9.17, 15) is 9.59 Å². The van der Waals surface area contributed by atoms with Crippen molar-refractivity contribution < 1.29 is 19.8 Å². The lowest BCUT2D eigenvalue weighted by Gasteiger charge is -2.22. The first-order valence-corrected chi connectivity index (χ1v) is 9.01. The molecule has 9 nitrogen and oxygen atoms in total. The molecular formula is C19H25N5O4. The highest BCUT2D eigenvalue weighted by Crippen LogP contribution is 2.13. The number of likely N-dealkylation sites (tertiary alicyclic amines) is 1. The van der Waals surface area contributed by atoms with Crippen molar-refractivity contribution in [1.29, 1.82) is 0 Å². The lowest BCUT2D eigenvalue weighted by atomic mass is 10.3. The largest absolute Gasteiger partial charge is 0.478 e. The van der Waals surface area contributed by atoms with E-state index in [0.717, 1.165) is 43.8 Å². The first-order valence-electron chi connectivity index (χ1n) is 9.01. The number of nitrogens with one attached hydrogen (secondary N) is 1. The van der Waals surface area contributed by atoms with Crippen molar-refractivity contribution in [1.82, 2.24) is 9.80 Å². The summed E-state index contributed by atoms with van der Waals surface area (Å²) in [6.45, 7) is 3.93. The van der Waals surface area contributed by atoms with Crippen LogP contribution in [-0.2, 0) is 9.59 Å². The van der Waals surface area contributed by atoms with Crippen LogP contribution in [0.1, 0.15) is 12.8 Å². The zero-order valence-corrected chi connectivity index (χ0v) is 15.8. The molecule has 150 valence electrons. The van der Waals surface area contributed by atoms with Crippen molar-refractivity contribution in [3.8, 4) is 0 Å². The minimum absolute atomic E-state index is 0.558. The monoisotopic (exact) mass is 387 g/mol. The Morgan fingerprint density at radius 1 is 1.07 bits per heavy atom. The maximum absolute atomic E-state index is 9.55. The molecule has 9 heteroatoms. The topological polar surface area (TPSA) is 118 Å². The van der Waals surface area contributed by atoms with Gasteiger partial charge in [0.05, 0.1) is 6.54 Å². The molecule has 2 heterocycles. The Labute approximate surface area is 163 Å². The zero-order valence-electron chi connectivity index (χ0n) is 15.8. The molecule has 0 radical (unpaired) electrons. The molecular weight excluding hydrogens is 362 g/mol. The minimum Gasteiger partial charge on any atom is -0.478 e. The zero-order chi connectivity index (χ0) is 20.4. The number of rotatable bonds is 3. The molecule has 0 spiro atoms. The van der Waals surface area contributed by atoms with E-state index in [-0.39, 0.29) is 0 Å². The first-order chi connectivity index (χ1) is 13.5. The molecule has 1 aromatic rings. The third-order valence-corrected chi connectivity index (χ3v) is 4.04. The number of benzene rings is 1. The maximum Gasteiger partial charge on any atom is 0.328 e. The van der Waals surface area contributed by atoms with Crippen LogP contribution in [0.25, 0.3) is 0 Å². The van der Waals surface area contributed by atoms with E-state index in [1.165, 1.54) is 12.8 Å². The van der Waals surface area contributed by atoms with Crippen molar-refractivity contribution in [2.24, 2.45) is 9.98 Å². The number of carbonyl (C=O) groups is 2. The van der Waals surface area contributed by atoms with Gasteiger partial charge in [-0.25, -0.2) is 14.6 Å². The van der Waals surface area contributed by atoms with E-state index in [0.29, 0.717) is 12.2 Å². The van der Waals surface area contributed by atoms with Crippen LogP contribution in [-0.4, -0.2) is 77.1 Å². The minimum atomic E-state index is -1.26. The van der Waals surface area contributed by atoms with Gasteiger partial charge in [0.15, 0.2) is 0 Å². The summed E-state index contributed by atoms with van der Waals surface area (Å²) in [5.74, 6) is -0.767. The number of para-hydroxylation sites is 1. The summed E-state index contributed by atoms with van der Waals surface area (Å²) in [7, 11) is 2.04. The molecule has 1 fully saturated rings. The summed E-state index contributed by atoms with van der Waals surface area (Å²) >= 11 is 0. The van der Waals surface area contributed by atoms with Gasteiger partial charge in [0.1, 0.15) is 0 Å². The molecule has 0 amide bonds. The number of guanidine groups is 2. The van der Waals surface area contributed by atoms with Gasteiger partial charge in [0, 0.05) is 44.5 Å². The highest BCUT2D eigenvalue weighted by Gasteiger charge is 2.19. The smallest absolute Gasteiger partial charge is 0.328 e. The molecule has 3 N–H and O–H groups in total. The van der Waals surface area contributed by atoms with Crippen LogP contribution >= 0.6 is 0 Å². The van der Waals surface area contributed by atoms with E-state index in [1.54, 1.807) is 0 Å². The quantitative estimate of drug-likeness (QED) is 0.409. The molecule has 0 aromatic heterocycles. The van der Waals surface area contributed by atoms with Crippen LogP contribution in [0.2, 0.25) is 0 Å². The Bertz CT molecular complexity index is 739. The van der Waals surface area contributed by atoms with E-state index >= 15 is 0 Å². The molecule has 0 aliphatic carbocycles. The Kier molecular flexibility index (Phi) is 8.01. The second kappa shape index (κ2) is 10.7. The maximum atomic E-state index is 9.55. The molecule has 2 aliphatic heterocycles. The van der Waals surface area contributed by atoms with Gasteiger partial charge >= 0.3 is 11.9 Å². The Hall–Kier alpha value is -3.36. The molecule has 1 aromatic carbocycles. The molecule has 0 saturated carbocycles. The molecule has 0 bridgehead atoms. The van der Waals surface area contributed by atoms with Crippen LogP contribution < -0.4 is 5.32 Å². The summed E-state index contributed by atoms with van der Waals surface area (Å²) < 4.78 is 0. The lowest BCUT2D eigenvalue weighted by molar-refractivity contribution is -0.134.